The molecule has 0 aromatic heterocycles. The smallest absolute Gasteiger partial charge is 0.318 e. The van der Waals surface area contributed by atoms with Crippen molar-refractivity contribution in [2.24, 2.45) is 0 Å². The summed E-state index contributed by atoms with van der Waals surface area (Å²) in [6.07, 6.45) is 0. The summed E-state index contributed by atoms with van der Waals surface area (Å²) < 4.78 is 25.1. The van der Waals surface area contributed by atoms with Gasteiger partial charge in [0.25, 0.3) is 0 Å². The molecule has 0 saturated carbocycles. The number of aliphatic carboxylic acids is 1. The number of carbonyl (C=O) groups excluding carboxylic acids is 1. The third-order valence-corrected chi connectivity index (χ3v) is 4.39. The number of hydrogen-bond donors (Lipinski definition) is 2. The number of benzene rings is 1. The lowest BCUT2D eigenvalue weighted by Gasteiger charge is -2.16. The summed E-state index contributed by atoms with van der Waals surface area (Å²) in [5, 5.41) is 11.2. The first-order valence-corrected chi connectivity index (χ1v) is 7.15. The Hall–Kier alpha value is -1.93. The number of nitrogens with one attached hydrogen (secondary N) is 1. The zero-order chi connectivity index (χ0) is 15.5. The number of carbonyl (C=O) groups is 2. The third-order valence-electron chi connectivity index (χ3n) is 2.59. The average Bonchev–Trinajstić information content (AvgIpc) is 2.30. The first-order chi connectivity index (χ1) is 9.14. The first kappa shape index (κ1) is 16.1. The largest absolute Gasteiger partial charge is 0.480 e. The van der Waals surface area contributed by atoms with Gasteiger partial charge in [-0.15, -0.1) is 0 Å². The summed E-state index contributed by atoms with van der Waals surface area (Å²) in [6.45, 7) is 2.41. The zero-order valence-electron chi connectivity index (χ0n) is 11.4. The topological polar surface area (TPSA) is 104 Å². The van der Waals surface area contributed by atoms with Crippen molar-refractivity contribution in [3.8, 4) is 0 Å². The van der Waals surface area contributed by atoms with E-state index in [0.717, 1.165) is 4.31 Å². The predicted octanol–water partition coefficient (Wildman–Crippen LogP) is 0.659. The van der Waals surface area contributed by atoms with E-state index in [9.17, 15) is 18.0 Å². The molecule has 0 aliphatic rings. The van der Waals surface area contributed by atoms with Gasteiger partial charge in [0.15, 0.2) is 0 Å². The van der Waals surface area contributed by atoms with E-state index in [2.05, 4.69) is 5.32 Å². The van der Waals surface area contributed by atoms with E-state index < -0.39 is 22.5 Å². The van der Waals surface area contributed by atoms with Gasteiger partial charge in [0.1, 0.15) is 6.54 Å². The number of carboxylic acids is 1. The van der Waals surface area contributed by atoms with Crippen LogP contribution in [-0.2, 0) is 19.6 Å². The van der Waals surface area contributed by atoms with Crippen LogP contribution in [0.4, 0.5) is 5.69 Å². The summed E-state index contributed by atoms with van der Waals surface area (Å²) in [5.74, 6) is -1.56. The minimum absolute atomic E-state index is 0.0735. The second-order valence-corrected chi connectivity index (χ2v) is 6.36. The molecule has 0 bridgehead atoms. The second kappa shape index (κ2) is 6.02. The highest BCUT2D eigenvalue weighted by molar-refractivity contribution is 7.89. The van der Waals surface area contributed by atoms with Crippen molar-refractivity contribution in [1.82, 2.24) is 4.31 Å². The molecule has 1 aromatic rings. The fourth-order valence-electron chi connectivity index (χ4n) is 1.54. The van der Waals surface area contributed by atoms with Crippen molar-refractivity contribution in [1.29, 1.82) is 0 Å². The van der Waals surface area contributed by atoms with Crippen LogP contribution in [0.25, 0.3) is 0 Å². The van der Waals surface area contributed by atoms with E-state index in [-0.39, 0.29) is 10.8 Å². The number of sulfonamides is 1. The lowest BCUT2D eigenvalue weighted by atomic mass is 10.2. The zero-order valence-corrected chi connectivity index (χ0v) is 12.2. The van der Waals surface area contributed by atoms with Crippen LogP contribution < -0.4 is 5.32 Å². The van der Waals surface area contributed by atoms with Crippen molar-refractivity contribution in [2.45, 2.75) is 18.7 Å². The van der Waals surface area contributed by atoms with Gasteiger partial charge in [-0.25, -0.2) is 8.42 Å². The maximum absolute atomic E-state index is 12.2. The first-order valence-electron chi connectivity index (χ1n) is 5.71. The fraction of sp³-hybridized carbons (Fsp3) is 0.333. The van der Waals surface area contributed by atoms with Crippen LogP contribution in [0.3, 0.4) is 0 Å². The van der Waals surface area contributed by atoms with Crippen molar-refractivity contribution >= 4 is 27.6 Å². The quantitative estimate of drug-likeness (QED) is 0.831. The van der Waals surface area contributed by atoms with Crippen molar-refractivity contribution in [2.75, 3.05) is 18.9 Å². The summed E-state index contributed by atoms with van der Waals surface area (Å²) in [5.41, 5.74) is 1.09. The third kappa shape index (κ3) is 3.78. The number of hydrogen-bond acceptors (Lipinski definition) is 4. The number of aryl methyl sites for hydroxylation is 1. The summed E-state index contributed by atoms with van der Waals surface area (Å²) in [6, 6.07) is 4.23. The monoisotopic (exact) mass is 300 g/mol. The van der Waals surface area contributed by atoms with E-state index in [1.165, 1.54) is 26.1 Å². The number of nitrogens with zero attached hydrogens (tertiary/aromatic N) is 1. The molecule has 0 saturated heterocycles. The number of anilines is 1. The molecular formula is C12H16N2O5S. The van der Waals surface area contributed by atoms with Gasteiger partial charge in [0.2, 0.25) is 15.9 Å². The van der Waals surface area contributed by atoms with Crippen molar-refractivity contribution < 1.29 is 23.1 Å². The number of carboxylic acid groups (broad SMARTS) is 1. The maximum Gasteiger partial charge on any atom is 0.318 e. The molecule has 1 amide bonds. The van der Waals surface area contributed by atoms with Gasteiger partial charge in [-0.3, -0.25) is 9.59 Å². The number of amides is 1. The predicted molar refractivity (Wildman–Crippen MR) is 72.9 cm³/mol. The van der Waals surface area contributed by atoms with Gasteiger partial charge in [-0.2, -0.15) is 4.31 Å². The molecule has 2 N–H and O–H groups in total. The van der Waals surface area contributed by atoms with E-state index in [1.54, 1.807) is 13.0 Å². The standard InChI is InChI=1S/C12H16N2O5S/c1-8-4-5-10(6-11(8)13-9(2)15)20(18,19)14(3)7-12(16)17/h4-6H,7H2,1-3H3,(H,13,15)(H,16,17). The molecule has 0 spiro atoms. The van der Waals surface area contributed by atoms with E-state index in [1.807, 2.05) is 0 Å². The molecule has 20 heavy (non-hydrogen) atoms. The number of likely N-dealkylation sites (N-methyl/N-ethyl adjacent to an activating group) is 1. The molecule has 0 unspecified atom stereocenters. The van der Waals surface area contributed by atoms with E-state index >= 15 is 0 Å². The lowest BCUT2D eigenvalue weighted by Crippen LogP contribution is -2.32. The molecule has 7 nitrogen and oxygen atoms in total. The molecule has 0 aliphatic carbocycles. The molecule has 8 heteroatoms. The van der Waals surface area contributed by atoms with E-state index in [4.69, 9.17) is 5.11 Å². The van der Waals surface area contributed by atoms with Crippen molar-refractivity contribution in [3.05, 3.63) is 23.8 Å². The lowest BCUT2D eigenvalue weighted by molar-refractivity contribution is -0.137. The maximum atomic E-state index is 12.2. The molecule has 0 radical (unpaired) electrons. The Labute approximate surface area is 117 Å². The molecule has 0 aliphatic heterocycles. The molecule has 1 aromatic carbocycles. The summed E-state index contributed by atoms with van der Waals surface area (Å²) in [7, 11) is -2.73. The minimum Gasteiger partial charge on any atom is -0.480 e. The Morgan fingerprint density at radius 3 is 2.45 bits per heavy atom. The fourth-order valence-corrected chi connectivity index (χ4v) is 2.69. The number of rotatable bonds is 5. The van der Waals surface area contributed by atoms with Crippen LogP contribution in [0.15, 0.2) is 23.1 Å². The molecule has 1 rings (SSSR count). The van der Waals surface area contributed by atoms with Crippen LogP contribution in [0.2, 0.25) is 0 Å². The van der Waals surface area contributed by atoms with Crippen LogP contribution in [-0.4, -0.2) is 43.3 Å². The van der Waals surface area contributed by atoms with Crippen LogP contribution >= 0.6 is 0 Å². The Morgan fingerprint density at radius 1 is 1.35 bits per heavy atom. The SMILES string of the molecule is CC(=O)Nc1cc(S(=O)(=O)N(C)CC(=O)O)ccc1C. The average molecular weight is 300 g/mol. The Morgan fingerprint density at radius 2 is 1.95 bits per heavy atom. The van der Waals surface area contributed by atoms with Gasteiger partial charge in [0, 0.05) is 19.7 Å². The van der Waals surface area contributed by atoms with Crippen LogP contribution in [0, 0.1) is 6.92 Å². The Kier molecular flexibility index (Phi) is 4.85. The highest BCUT2D eigenvalue weighted by Crippen LogP contribution is 2.22. The Balaban J connectivity index is 3.19. The highest BCUT2D eigenvalue weighted by Gasteiger charge is 2.23. The molecular weight excluding hydrogens is 284 g/mol. The molecule has 0 atom stereocenters. The van der Waals surface area contributed by atoms with Gasteiger partial charge < -0.3 is 10.4 Å². The Bertz CT molecular complexity index is 639. The van der Waals surface area contributed by atoms with Gasteiger partial charge in [-0.1, -0.05) is 6.07 Å². The van der Waals surface area contributed by atoms with Crippen molar-refractivity contribution in [3.63, 3.8) is 0 Å². The van der Waals surface area contributed by atoms with E-state index in [0.29, 0.717) is 11.3 Å². The van der Waals surface area contributed by atoms with Gasteiger partial charge in [-0.05, 0) is 24.6 Å². The highest BCUT2D eigenvalue weighted by atomic mass is 32.2. The normalized spacial score (nSPS) is 11.4. The molecule has 0 heterocycles. The second-order valence-electron chi connectivity index (χ2n) is 4.31. The summed E-state index contributed by atoms with van der Waals surface area (Å²) in [4.78, 5) is 21.6. The minimum atomic E-state index is -3.91. The molecule has 110 valence electrons. The summed E-state index contributed by atoms with van der Waals surface area (Å²) >= 11 is 0. The molecule has 0 fully saturated rings. The van der Waals surface area contributed by atoms with Gasteiger partial charge in [0.05, 0.1) is 4.90 Å². The van der Waals surface area contributed by atoms with Crippen LogP contribution in [0.5, 0.6) is 0 Å². The van der Waals surface area contributed by atoms with Gasteiger partial charge >= 0.3 is 5.97 Å². The van der Waals surface area contributed by atoms with Crippen LogP contribution in [0.1, 0.15) is 12.5 Å².